The molecule has 17 heavy (non-hydrogen) atoms. The Kier molecular flexibility index (Phi) is 1.92. The fourth-order valence-corrected chi connectivity index (χ4v) is 1.78. The van der Waals surface area contributed by atoms with E-state index in [1.54, 1.807) is 29.5 Å². The van der Waals surface area contributed by atoms with Gasteiger partial charge in [-0.15, -0.1) is 0 Å². The number of rotatable bonds is 1. The van der Waals surface area contributed by atoms with Crippen molar-refractivity contribution in [2.24, 2.45) is 7.05 Å². The maximum Gasteiger partial charge on any atom is 0.218 e. The number of aryl methyl sites for hydroxylation is 1. The van der Waals surface area contributed by atoms with Crippen LogP contribution in [0.2, 0.25) is 0 Å². The first kappa shape index (κ1) is 9.54. The zero-order valence-electron chi connectivity index (χ0n) is 9.07. The smallest absolute Gasteiger partial charge is 0.218 e. The Bertz CT molecular complexity index is 730. The molecule has 0 saturated heterocycles. The molecule has 3 heterocycles. The zero-order valence-corrected chi connectivity index (χ0v) is 9.07. The van der Waals surface area contributed by atoms with Crippen molar-refractivity contribution in [1.29, 1.82) is 5.26 Å². The molecule has 3 aromatic heterocycles. The average molecular weight is 224 g/mol. The summed E-state index contributed by atoms with van der Waals surface area (Å²) in [4.78, 5) is 12.5. The van der Waals surface area contributed by atoms with Crippen molar-refractivity contribution in [1.82, 2.24) is 24.1 Å². The van der Waals surface area contributed by atoms with Gasteiger partial charge >= 0.3 is 0 Å². The van der Waals surface area contributed by atoms with Crippen LogP contribution in [0.4, 0.5) is 0 Å². The van der Waals surface area contributed by atoms with Crippen LogP contribution in [0.1, 0.15) is 5.82 Å². The van der Waals surface area contributed by atoms with Crippen LogP contribution < -0.4 is 0 Å². The molecule has 0 spiro atoms. The van der Waals surface area contributed by atoms with E-state index in [0.717, 1.165) is 11.0 Å². The molecule has 0 unspecified atom stereocenters. The highest BCUT2D eigenvalue weighted by molar-refractivity contribution is 5.82. The molecule has 0 radical (unpaired) electrons. The van der Waals surface area contributed by atoms with Gasteiger partial charge in [-0.3, -0.25) is 4.57 Å². The third-order valence-electron chi connectivity index (χ3n) is 2.59. The minimum atomic E-state index is 0.302. The van der Waals surface area contributed by atoms with Crippen molar-refractivity contribution in [3.8, 4) is 11.9 Å². The van der Waals surface area contributed by atoms with Crippen LogP contribution in [0, 0.1) is 11.3 Å². The number of hydrogen-bond donors (Lipinski definition) is 0. The molecule has 6 nitrogen and oxygen atoms in total. The lowest BCUT2D eigenvalue weighted by Gasteiger charge is -2.03. The minimum absolute atomic E-state index is 0.302. The molecular weight excluding hydrogens is 216 g/mol. The number of pyridine rings is 1. The molecular formula is C11H8N6. The lowest BCUT2D eigenvalue weighted by atomic mass is 10.3. The standard InChI is InChI=1S/C11H8N6/c1-16-7-15-10-8(16)2-3-14-11(10)17-5-4-13-9(17)6-12/h2-5,7H,1H3. The van der Waals surface area contributed by atoms with Crippen molar-refractivity contribution in [2.75, 3.05) is 0 Å². The van der Waals surface area contributed by atoms with Crippen molar-refractivity contribution < 1.29 is 0 Å². The van der Waals surface area contributed by atoms with Crippen molar-refractivity contribution in [3.05, 3.63) is 36.8 Å². The summed E-state index contributed by atoms with van der Waals surface area (Å²) in [5.41, 5.74) is 1.72. The van der Waals surface area contributed by atoms with E-state index in [-0.39, 0.29) is 0 Å². The van der Waals surface area contributed by atoms with E-state index in [0.29, 0.717) is 11.6 Å². The van der Waals surface area contributed by atoms with Gasteiger partial charge in [0.05, 0.1) is 11.8 Å². The number of aromatic nitrogens is 5. The fraction of sp³-hybridized carbons (Fsp3) is 0.0909. The highest BCUT2D eigenvalue weighted by atomic mass is 15.1. The van der Waals surface area contributed by atoms with Gasteiger partial charge in [0, 0.05) is 25.6 Å². The normalized spacial score (nSPS) is 10.6. The molecule has 6 heteroatoms. The molecule has 0 saturated carbocycles. The molecule has 0 bridgehead atoms. The van der Waals surface area contributed by atoms with Gasteiger partial charge in [0.2, 0.25) is 5.82 Å². The predicted octanol–water partition coefficient (Wildman–Crippen LogP) is 1.03. The lowest BCUT2D eigenvalue weighted by molar-refractivity contribution is 0.946. The molecule has 0 aliphatic heterocycles. The first-order valence-corrected chi connectivity index (χ1v) is 5.01. The molecule has 82 valence electrons. The van der Waals surface area contributed by atoms with E-state index in [2.05, 4.69) is 15.0 Å². The predicted molar refractivity (Wildman–Crippen MR) is 60.3 cm³/mol. The summed E-state index contributed by atoms with van der Waals surface area (Å²) in [6.45, 7) is 0. The second kappa shape index (κ2) is 3.42. The molecule has 3 rings (SSSR count). The Hall–Kier alpha value is -2.68. The monoisotopic (exact) mass is 224 g/mol. The van der Waals surface area contributed by atoms with Gasteiger partial charge in [-0.05, 0) is 6.07 Å². The number of nitriles is 1. The molecule has 0 aliphatic carbocycles. The van der Waals surface area contributed by atoms with Crippen molar-refractivity contribution in [3.63, 3.8) is 0 Å². The van der Waals surface area contributed by atoms with Crippen LogP contribution >= 0.6 is 0 Å². The summed E-state index contributed by atoms with van der Waals surface area (Å²) in [6, 6.07) is 3.91. The highest BCUT2D eigenvalue weighted by Gasteiger charge is 2.11. The molecule has 0 amide bonds. The van der Waals surface area contributed by atoms with E-state index < -0.39 is 0 Å². The van der Waals surface area contributed by atoms with Crippen molar-refractivity contribution >= 4 is 11.0 Å². The van der Waals surface area contributed by atoms with Crippen LogP contribution in [0.3, 0.4) is 0 Å². The summed E-state index contributed by atoms with van der Waals surface area (Å²) in [5, 5.41) is 8.96. The summed E-state index contributed by atoms with van der Waals surface area (Å²) < 4.78 is 3.54. The molecule has 0 N–H and O–H groups in total. The molecule has 0 aromatic carbocycles. The van der Waals surface area contributed by atoms with E-state index in [4.69, 9.17) is 5.26 Å². The van der Waals surface area contributed by atoms with Gasteiger partial charge in [-0.1, -0.05) is 0 Å². The van der Waals surface area contributed by atoms with E-state index in [1.165, 1.54) is 0 Å². The second-order valence-electron chi connectivity index (χ2n) is 3.59. The Morgan fingerprint density at radius 2 is 2.12 bits per heavy atom. The molecule has 0 atom stereocenters. The van der Waals surface area contributed by atoms with Gasteiger partial charge in [0.1, 0.15) is 11.6 Å². The van der Waals surface area contributed by atoms with E-state index in [9.17, 15) is 0 Å². The summed E-state index contributed by atoms with van der Waals surface area (Å²) >= 11 is 0. The third-order valence-corrected chi connectivity index (χ3v) is 2.59. The number of nitrogens with zero attached hydrogens (tertiary/aromatic N) is 6. The van der Waals surface area contributed by atoms with E-state index in [1.807, 2.05) is 23.8 Å². The third kappa shape index (κ3) is 1.29. The Balaban J connectivity index is 2.35. The second-order valence-corrected chi connectivity index (χ2v) is 3.59. The van der Waals surface area contributed by atoms with Gasteiger partial charge in [0.15, 0.2) is 5.82 Å². The fourth-order valence-electron chi connectivity index (χ4n) is 1.78. The summed E-state index contributed by atoms with van der Waals surface area (Å²) in [6.07, 6.45) is 6.69. The molecule has 3 aromatic rings. The quantitative estimate of drug-likeness (QED) is 0.618. The molecule has 0 aliphatic rings. The number of hydrogen-bond acceptors (Lipinski definition) is 4. The zero-order chi connectivity index (χ0) is 11.8. The SMILES string of the molecule is Cn1cnc2c(-n3ccnc3C#N)nccc21. The van der Waals surface area contributed by atoms with E-state index >= 15 is 0 Å². The van der Waals surface area contributed by atoms with Gasteiger partial charge in [-0.2, -0.15) is 5.26 Å². The van der Waals surface area contributed by atoms with Crippen LogP contribution in [0.25, 0.3) is 16.9 Å². The van der Waals surface area contributed by atoms with Crippen LogP contribution in [-0.4, -0.2) is 24.1 Å². The average Bonchev–Trinajstić information content (AvgIpc) is 2.96. The topological polar surface area (TPSA) is 72.3 Å². The number of fused-ring (bicyclic) bond motifs is 1. The highest BCUT2D eigenvalue weighted by Crippen LogP contribution is 2.18. The van der Waals surface area contributed by atoms with Crippen molar-refractivity contribution in [2.45, 2.75) is 0 Å². The first-order chi connectivity index (χ1) is 8.31. The Morgan fingerprint density at radius 3 is 2.94 bits per heavy atom. The van der Waals surface area contributed by atoms with Crippen LogP contribution in [-0.2, 0) is 7.05 Å². The Labute approximate surface area is 96.8 Å². The number of imidazole rings is 2. The van der Waals surface area contributed by atoms with Crippen LogP contribution in [0.15, 0.2) is 31.0 Å². The lowest BCUT2D eigenvalue weighted by Crippen LogP contribution is -2.00. The molecule has 0 fully saturated rings. The van der Waals surface area contributed by atoms with Crippen LogP contribution in [0.5, 0.6) is 0 Å². The maximum absolute atomic E-state index is 8.96. The maximum atomic E-state index is 8.96. The first-order valence-electron chi connectivity index (χ1n) is 5.01. The van der Waals surface area contributed by atoms with Gasteiger partial charge in [-0.25, -0.2) is 15.0 Å². The minimum Gasteiger partial charge on any atom is -0.334 e. The van der Waals surface area contributed by atoms with Gasteiger partial charge < -0.3 is 4.57 Å². The Morgan fingerprint density at radius 1 is 1.24 bits per heavy atom. The largest absolute Gasteiger partial charge is 0.334 e. The van der Waals surface area contributed by atoms with Gasteiger partial charge in [0.25, 0.3) is 0 Å². The summed E-state index contributed by atoms with van der Waals surface area (Å²) in [7, 11) is 1.91. The summed E-state index contributed by atoms with van der Waals surface area (Å²) in [5.74, 6) is 0.924.